The van der Waals surface area contributed by atoms with Crippen LogP contribution in [0.15, 0.2) is 16.7 Å². The molecule has 27 heavy (non-hydrogen) atoms. The van der Waals surface area contributed by atoms with Crippen LogP contribution in [0.5, 0.6) is 0 Å². The molecule has 0 aliphatic carbocycles. The first-order chi connectivity index (χ1) is 12.6. The number of aryl methyl sites for hydroxylation is 2. The average Bonchev–Trinajstić information content (AvgIpc) is 3.12. The van der Waals surface area contributed by atoms with Gasteiger partial charge in [0.25, 0.3) is 5.91 Å². The highest BCUT2D eigenvalue weighted by atomic mass is 16.5. The third kappa shape index (κ3) is 4.36. The molecule has 9 nitrogen and oxygen atoms in total. The van der Waals surface area contributed by atoms with E-state index in [1.807, 2.05) is 6.92 Å². The summed E-state index contributed by atoms with van der Waals surface area (Å²) in [6, 6.07) is 2.41. The molecule has 0 bridgehead atoms. The number of nitrogens with zero attached hydrogens (tertiary/aromatic N) is 3. The third-order valence-corrected chi connectivity index (χ3v) is 4.32. The number of nitrogens with one attached hydrogen (secondary N) is 1. The molecule has 0 aliphatic rings. The number of carboxylic acids is 1. The van der Waals surface area contributed by atoms with Crippen molar-refractivity contribution in [2.75, 3.05) is 13.1 Å². The lowest BCUT2D eigenvalue weighted by Crippen LogP contribution is -2.46. The Morgan fingerprint density at radius 2 is 1.96 bits per heavy atom. The first-order valence-corrected chi connectivity index (χ1v) is 8.54. The van der Waals surface area contributed by atoms with E-state index in [-0.39, 0.29) is 19.0 Å². The van der Waals surface area contributed by atoms with Crippen LogP contribution in [0, 0.1) is 20.8 Å². The lowest BCUT2D eigenvalue weighted by atomic mass is 10.1. The third-order valence-electron chi connectivity index (χ3n) is 4.32. The molecule has 0 aromatic carbocycles. The number of aliphatic carboxylic acids is 1. The summed E-state index contributed by atoms with van der Waals surface area (Å²) >= 11 is 0. The lowest BCUT2D eigenvalue weighted by molar-refractivity contribution is -0.141. The van der Waals surface area contributed by atoms with Gasteiger partial charge in [0, 0.05) is 37.5 Å². The molecule has 2 amide bonds. The predicted octanol–water partition coefficient (Wildman–Crippen LogP) is 1.44. The largest absolute Gasteiger partial charge is 0.480 e. The smallest absolute Gasteiger partial charge is 0.326 e. The maximum Gasteiger partial charge on any atom is 0.326 e. The van der Waals surface area contributed by atoms with Crippen LogP contribution in [-0.4, -0.2) is 56.6 Å². The first-order valence-electron chi connectivity index (χ1n) is 8.54. The van der Waals surface area contributed by atoms with Crippen LogP contribution in [0.4, 0.5) is 0 Å². The highest BCUT2D eigenvalue weighted by Gasteiger charge is 2.29. The Kier molecular flexibility index (Phi) is 6.04. The van der Waals surface area contributed by atoms with Crippen LogP contribution in [0.3, 0.4) is 0 Å². The zero-order valence-electron chi connectivity index (χ0n) is 16.1. The van der Waals surface area contributed by atoms with Gasteiger partial charge in [-0.2, -0.15) is 0 Å². The van der Waals surface area contributed by atoms with Crippen molar-refractivity contribution in [2.24, 2.45) is 0 Å². The number of carbonyl (C=O) groups excluding carboxylic acids is 2. The van der Waals surface area contributed by atoms with Gasteiger partial charge in [0.15, 0.2) is 5.82 Å². The highest BCUT2D eigenvalue weighted by molar-refractivity contribution is 5.98. The van der Waals surface area contributed by atoms with E-state index in [1.165, 1.54) is 18.7 Å². The second kappa shape index (κ2) is 8.07. The van der Waals surface area contributed by atoms with E-state index in [4.69, 9.17) is 4.52 Å². The number of rotatable bonds is 7. The van der Waals surface area contributed by atoms with Crippen molar-refractivity contribution in [1.29, 1.82) is 0 Å². The fourth-order valence-electron chi connectivity index (χ4n) is 2.90. The summed E-state index contributed by atoms with van der Waals surface area (Å²) in [4.78, 5) is 36.8. The molecular weight excluding hydrogens is 352 g/mol. The SMILES string of the molecule is CC(=O)NCCN(C(=O)c1cc(C)n(-c2cc(C)on2)c1C)C(C)C(=O)O. The van der Waals surface area contributed by atoms with Gasteiger partial charge in [0.2, 0.25) is 5.91 Å². The summed E-state index contributed by atoms with van der Waals surface area (Å²) < 4.78 is 6.89. The van der Waals surface area contributed by atoms with Gasteiger partial charge in [-0.1, -0.05) is 5.16 Å². The molecule has 1 unspecified atom stereocenters. The van der Waals surface area contributed by atoms with Crippen LogP contribution in [-0.2, 0) is 9.59 Å². The molecule has 9 heteroatoms. The van der Waals surface area contributed by atoms with Crippen molar-refractivity contribution >= 4 is 17.8 Å². The van der Waals surface area contributed by atoms with Gasteiger partial charge < -0.3 is 19.8 Å². The van der Waals surface area contributed by atoms with Crippen LogP contribution in [0.25, 0.3) is 5.82 Å². The molecule has 0 spiro atoms. The fraction of sp³-hybridized carbons (Fsp3) is 0.444. The summed E-state index contributed by atoms with van der Waals surface area (Å²) in [5, 5.41) is 15.9. The van der Waals surface area contributed by atoms with Crippen molar-refractivity contribution in [3.8, 4) is 5.82 Å². The number of carboxylic acid groups (broad SMARTS) is 1. The zero-order valence-corrected chi connectivity index (χ0v) is 16.1. The molecule has 0 aliphatic heterocycles. The number of amides is 2. The molecule has 2 heterocycles. The van der Waals surface area contributed by atoms with Crippen LogP contribution in [0.2, 0.25) is 0 Å². The van der Waals surface area contributed by atoms with Gasteiger partial charge in [0.1, 0.15) is 11.8 Å². The van der Waals surface area contributed by atoms with Crippen LogP contribution in [0.1, 0.15) is 41.4 Å². The number of hydrogen-bond donors (Lipinski definition) is 2. The van der Waals surface area contributed by atoms with Gasteiger partial charge in [-0.3, -0.25) is 14.2 Å². The minimum Gasteiger partial charge on any atom is -0.480 e. The first kappa shape index (κ1) is 20.2. The summed E-state index contributed by atoms with van der Waals surface area (Å²) in [6.45, 7) is 8.42. The molecule has 1 atom stereocenters. The molecule has 0 saturated carbocycles. The maximum absolute atomic E-state index is 13.1. The van der Waals surface area contributed by atoms with Crippen molar-refractivity contribution in [1.82, 2.24) is 19.9 Å². The number of hydrogen-bond acceptors (Lipinski definition) is 5. The monoisotopic (exact) mass is 376 g/mol. The van der Waals surface area contributed by atoms with E-state index in [9.17, 15) is 19.5 Å². The number of carbonyl (C=O) groups is 3. The van der Waals surface area contributed by atoms with Gasteiger partial charge >= 0.3 is 5.97 Å². The standard InChI is InChI=1S/C18H24N4O5/c1-10-8-15(12(3)22(10)16-9-11(2)27-20-16)17(24)21(13(4)18(25)26)7-6-19-14(5)23/h8-9,13H,6-7H2,1-5H3,(H,19,23)(H,25,26). The molecular formula is C18H24N4O5. The summed E-state index contributed by atoms with van der Waals surface area (Å²) in [7, 11) is 0. The average molecular weight is 376 g/mol. The fourth-order valence-corrected chi connectivity index (χ4v) is 2.90. The Morgan fingerprint density at radius 3 is 2.48 bits per heavy atom. The molecule has 2 aromatic rings. The van der Waals surface area contributed by atoms with E-state index in [1.54, 1.807) is 30.5 Å². The zero-order chi connectivity index (χ0) is 20.3. The summed E-state index contributed by atoms with van der Waals surface area (Å²) in [5.41, 5.74) is 1.78. The van der Waals surface area contributed by atoms with Crippen LogP contribution >= 0.6 is 0 Å². The minimum absolute atomic E-state index is 0.0820. The minimum atomic E-state index is -1.12. The number of aromatic nitrogens is 2. The highest BCUT2D eigenvalue weighted by Crippen LogP contribution is 2.22. The van der Waals surface area contributed by atoms with Gasteiger partial charge in [0.05, 0.1) is 5.56 Å². The Balaban J connectivity index is 2.36. The Labute approximate surface area is 156 Å². The van der Waals surface area contributed by atoms with Crippen molar-refractivity contribution in [3.63, 3.8) is 0 Å². The molecule has 146 valence electrons. The van der Waals surface area contributed by atoms with Crippen molar-refractivity contribution < 1.29 is 24.0 Å². The second-order valence-corrected chi connectivity index (χ2v) is 6.41. The topological polar surface area (TPSA) is 118 Å². The summed E-state index contributed by atoms with van der Waals surface area (Å²) in [5.74, 6) is -0.591. The van der Waals surface area contributed by atoms with E-state index in [0.29, 0.717) is 22.8 Å². The normalized spacial score (nSPS) is 11.9. The Hall–Kier alpha value is -3.10. The summed E-state index contributed by atoms with van der Waals surface area (Å²) in [6.07, 6.45) is 0. The molecule has 2 rings (SSSR count). The molecule has 0 fully saturated rings. The maximum atomic E-state index is 13.1. The Morgan fingerprint density at radius 1 is 1.30 bits per heavy atom. The molecule has 0 saturated heterocycles. The van der Waals surface area contributed by atoms with Crippen LogP contribution < -0.4 is 5.32 Å². The lowest BCUT2D eigenvalue weighted by Gasteiger charge is -2.26. The molecule has 2 N–H and O–H groups in total. The van der Waals surface area contributed by atoms with Crippen molar-refractivity contribution in [2.45, 2.75) is 40.7 Å². The van der Waals surface area contributed by atoms with E-state index < -0.39 is 17.9 Å². The van der Waals surface area contributed by atoms with E-state index in [2.05, 4.69) is 10.5 Å². The molecule has 0 radical (unpaired) electrons. The van der Waals surface area contributed by atoms with E-state index >= 15 is 0 Å². The second-order valence-electron chi connectivity index (χ2n) is 6.41. The van der Waals surface area contributed by atoms with Gasteiger partial charge in [-0.25, -0.2) is 4.79 Å². The van der Waals surface area contributed by atoms with Gasteiger partial charge in [-0.05, 0) is 33.8 Å². The van der Waals surface area contributed by atoms with Crippen molar-refractivity contribution in [3.05, 3.63) is 34.8 Å². The Bertz CT molecular complexity index is 867. The van der Waals surface area contributed by atoms with E-state index in [0.717, 1.165) is 5.69 Å². The molecule has 2 aromatic heterocycles. The quantitative estimate of drug-likeness (QED) is 0.755. The van der Waals surface area contributed by atoms with Gasteiger partial charge in [-0.15, -0.1) is 0 Å². The predicted molar refractivity (Wildman–Crippen MR) is 96.9 cm³/mol.